The third kappa shape index (κ3) is 5.94. The average molecular weight is 627 g/mol. The summed E-state index contributed by atoms with van der Waals surface area (Å²) in [5, 5.41) is 0. The van der Waals surface area contributed by atoms with Gasteiger partial charge in [0.25, 0.3) is 5.56 Å². The van der Waals surface area contributed by atoms with Crippen LogP contribution in [-0.4, -0.2) is 31.4 Å². The predicted molar refractivity (Wildman–Crippen MR) is 158 cm³/mol. The van der Waals surface area contributed by atoms with E-state index >= 15 is 0 Å². The van der Waals surface area contributed by atoms with E-state index in [1.807, 2.05) is 6.92 Å². The Morgan fingerprint density at radius 1 is 1.09 bits per heavy atom. The minimum Gasteiger partial charge on any atom is -0.497 e. The number of methoxy groups -OCH3 is 2. The Labute approximate surface area is 254 Å². The smallest absolute Gasteiger partial charge is 0.416 e. The fourth-order valence-electron chi connectivity index (χ4n) is 5.03. The molecule has 0 aliphatic carbocycles. The van der Waals surface area contributed by atoms with Crippen molar-refractivity contribution >= 4 is 23.4 Å². The molecule has 0 saturated carbocycles. The summed E-state index contributed by atoms with van der Waals surface area (Å²) in [5.74, 6) is 0.806. The molecule has 0 unspecified atom stereocenters. The monoisotopic (exact) mass is 626 g/mol. The SMILES string of the molecule is CCCC1=C(C(=O)OCC)[C@H](c2cc(OC)ccc2OC)n2c(s/c(=C\c3ccc(-c4cccc(C(F)(F)F)c4)o3)c2=O)=N1. The number of esters is 1. The second-order valence-electron chi connectivity index (χ2n) is 9.80. The Morgan fingerprint density at radius 2 is 1.89 bits per heavy atom. The quantitative estimate of drug-likeness (QED) is 0.216. The highest BCUT2D eigenvalue weighted by Gasteiger charge is 2.36. The fraction of sp³-hybridized carbons (Fsp3) is 0.281. The maximum atomic E-state index is 14.0. The van der Waals surface area contributed by atoms with Crippen molar-refractivity contribution in [1.82, 2.24) is 4.57 Å². The molecule has 0 saturated heterocycles. The summed E-state index contributed by atoms with van der Waals surface area (Å²) >= 11 is 1.11. The molecule has 0 radical (unpaired) electrons. The molecule has 230 valence electrons. The zero-order valence-electron chi connectivity index (χ0n) is 24.4. The number of thiazole rings is 1. The summed E-state index contributed by atoms with van der Waals surface area (Å²) in [5.41, 5.74) is 0.236. The van der Waals surface area contributed by atoms with Crippen LogP contribution in [0.1, 0.15) is 49.6 Å². The van der Waals surface area contributed by atoms with Crippen LogP contribution in [0.4, 0.5) is 13.2 Å². The van der Waals surface area contributed by atoms with Gasteiger partial charge in [0.15, 0.2) is 4.80 Å². The van der Waals surface area contributed by atoms with Gasteiger partial charge in [-0.2, -0.15) is 13.2 Å². The van der Waals surface area contributed by atoms with Gasteiger partial charge in [-0.15, -0.1) is 0 Å². The van der Waals surface area contributed by atoms with Crippen LogP contribution in [0.3, 0.4) is 0 Å². The van der Waals surface area contributed by atoms with Crippen molar-refractivity contribution in [1.29, 1.82) is 0 Å². The second-order valence-corrected chi connectivity index (χ2v) is 10.8. The van der Waals surface area contributed by atoms with Gasteiger partial charge in [-0.1, -0.05) is 36.8 Å². The Bertz CT molecular complexity index is 1920. The third-order valence-corrected chi connectivity index (χ3v) is 7.98. The molecular formula is C32H29F3N2O6S. The summed E-state index contributed by atoms with van der Waals surface area (Å²) in [6.45, 7) is 3.78. The Hall–Kier alpha value is -4.58. The molecule has 12 heteroatoms. The molecule has 44 heavy (non-hydrogen) atoms. The van der Waals surface area contributed by atoms with Crippen molar-refractivity contribution in [2.45, 2.75) is 38.9 Å². The maximum Gasteiger partial charge on any atom is 0.416 e. The lowest BCUT2D eigenvalue weighted by atomic mass is 9.93. The molecule has 4 aromatic rings. The Balaban J connectivity index is 1.69. The van der Waals surface area contributed by atoms with Crippen LogP contribution in [0.15, 0.2) is 80.1 Å². The van der Waals surface area contributed by atoms with Gasteiger partial charge in [-0.05, 0) is 55.8 Å². The number of halogens is 3. The van der Waals surface area contributed by atoms with E-state index in [4.69, 9.17) is 23.6 Å². The molecule has 1 aliphatic rings. The van der Waals surface area contributed by atoms with E-state index in [9.17, 15) is 22.8 Å². The van der Waals surface area contributed by atoms with Crippen molar-refractivity contribution in [2.75, 3.05) is 20.8 Å². The number of ether oxygens (including phenoxy) is 3. The highest BCUT2D eigenvalue weighted by molar-refractivity contribution is 7.07. The van der Waals surface area contributed by atoms with E-state index in [0.717, 1.165) is 23.5 Å². The molecular weight excluding hydrogens is 597 g/mol. The van der Waals surface area contributed by atoms with E-state index in [1.165, 1.54) is 37.0 Å². The number of hydrogen-bond donors (Lipinski definition) is 0. The number of alkyl halides is 3. The molecule has 1 atom stereocenters. The number of allylic oxidation sites excluding steroid dienone is 1. The first kappa shape index (κ1) is 30.9. The van der Waals surface area contributed by atoms with E-state index in [2.05, 4.69) is 0 Å². The largest absolute Gasteiger partial charge is 0.497 e. The Kier molecular flexibility index (Phi) is 8.82. The molecule has 0 spiro atoms. The molecule has 3 heterocycles. The van der Waals surface area contributed by atoms with Crippen LogP contribution in [0.2, 0.25) is 0 Å². The average Bonchev–Trinajstić information content (AvgIpc) is 3.60. The topological polar surface area (TPSA) is 92.3 Å². The number of nitrogens with zero attached hydrogens (tertiary/aromatic N) is 2. The molecule has 5 rings (SSSR count). The number of carbonyl (C=O) groups is 1. The lowest BCUT2D eigenvalue weighted by Crippen LogP contribution is -2.40. The van der Waals surface area contributed by atoms with E-state index in [0.29, 0.717) is 40.4 Å². The predicted octanol–water partition coefficient (Wildman–Crippen LogP) is 5.87. The molecule has 0 N–H and O–H groups in total. The van der Waals surface area contributed by atoms with Crippen molar-refractivity contribution in [3.8, 4) is 22.8 Å². The van der Waals surface area contributed by atoms with Gasteiger partial charge in [-0.25, -0.2) is 9.79 Å². The molecule has 0 amide bonds. The van der Waals surface area contributed by atoms with Crippen molar-refractivity contribution in [2.24, 2.45) is 4.99 Å². The zero-order chi connectivity index (χ0) is 31.6. The number of fused-ring (bicyclic) bond motifs is 1. The van der Waals surface area contributed by atoms with Gasteiger partial charge in [-0.3, -0.25) is 9.36 Å². The van der Waals surface area contributed by atoms with Gasteiger partial charge in [0.1, 0.15) is 29.1 Å². The molecule has 8 nitrogen and oxygen atoms in total. The van der Waals surface area contributed by atoms with E-state index in [1.54, 1.807) is 37.3 Å². The highest BCUT2D eigenvalue weighted by Crippen LogP contribution is 2.39. The number of carbonyl (C=O) groups excluding carboxylic acids is 1. The lowest BCUT2D eigenvalue weighted by molar-refractivity contribution is -0.139. The van der Waals surface area contributed by atoms with Crippen LogP contribution in [0, 0.1) is 0 Å². The van der Waals surface area contributed by atoms with Gasteiger partial charge in [0, 0.05) is 17.2 Å². The van der Waals surface area contributed by atoms with Crippen molar-refractivity contribution < 1.29 is 36.6 Å². The third-order valence-electron chi connectivity index (χ3n) is 7.00. The van der Waals surface area contributed by atoms with Crippen LogP contribution in [0.25, 0.3) is 17.4 Å². The standard InChI is InChI=1S/C32H29F3N2O6S/c1-5-8-23-27(30(39)42-6-2)28(22-16-20(40-3)11-14-25(22)41-4)37-29(38)26(44-31(37)36-23)17-21-12-13-24(43-21)18-9-7-10-19(15-18)32(33,34)35/h7,9-17,28H,5-6,8H2,1-4H3/b26-17-/t28-/m0/s1. The fourth-order valence-corrected chi connectivity index (χ4v) is 6.03. The van der Waals surface area contributed by atoms with Crippen molar-refractivity contribution in [3.63, 3.8) is 0 Å². The lowest BCUT2D eigenvalue weighted by Gasteiger charge is -2.27. The minimum absolute atomic E-state index is 0.126. The second kappa shape index (κ2) is 12.6. The molecule has 2 aromatic heterocycles. The highest BCUT2D eigenvalue weighted by atomic mass is 32.1. The summed E-state index contributed by atoms with van der Waals surface area (Å²) in [6.07, 6.45) is -1.85. The number of benzene rings is 2. The number of aromatic nitrogens is 1. The number of furan rings is 1. The zero-order valence-corrected chi connectivity index (χ0v) is 25.2. The minimum atomic E-state index is -4.50. The van der Waals surface area contributed by atoms with Crippen molar-refractivity contribution in [3.05, 3.63) is 102 Å². The van der Waals surface area contributed by atoms with Crippen LogP contribution < -0.4 is 24.4 Å². The number of hydrogen-bond acceptors (Lipinski definition) is 8. The summed E-state index contributed by atoms with van der Waals surface area (Å²) in [4.78, 5) is 32.6. The first-order valence-electron chi connectivity index (χ1n) is 13.8. The molecule has 2 aromatic carbocycles. The van der Waals surface area contributed by atoms with Gasteiger partial charge >= 0.3 is 12.1 Å². The van der Waals surface area contributed by atoms with Crippen LogP contribution >= 0.6 is 11.3 Å². The molecule has 0 bridgehead atoms. The summed E-state index contributed by atoms with van der Waals surface area (Å²) in [6, 6.07) is 12.1. The normalized spacial score (nSPS) is 15.2. The molecule has 1 aliphatic heterocycles. The first-order valence-corrected chi connectivity index (χ1v) is 14.6. The van der Waals surface area contributed by atoms with Gasteiger partial charge < -0.3 is 18.6 Å². The van der Waals surface area contributed by atoms with Gasteiger partial charge in [0.05, 0.1) is 42.2 Å². The molecule has 0 fully saturated rings. The van der Waals surface area contributed by atoms with Crippen LogP contribution in [-0.2, 0) is 15.7 Å². The maximum absolute atomic E-state index is 14.0. The van der Waals surface area contributed by atoms with E-state index < -0.39 is 29.3 Å². The van der Waals surface area contributed by atoms with Gasteiger partial charge in [0.2, 0.25) is 0 Å². The number of rotatable bonds is 9. The Morgan fingerprint density at radius 3 is 2.57 bits per heavy atom. The van der Waals surface area contributed by atoms with Crippen LogP contribution in [0.5, 0.6) is 11.5 Å². The van der Waals surface area contributed by atoms with E-state index in [-0.39, 0.29) is 33.8 Å². The summed E-state index contributed by atoms with van der Waals surface area (Å²) in [7, 11) is 3.01. The summed E-state index contributed by atoms with van der Waals surface area (Å²) < 4.78 is 63.8. The first-order chi connectivity index (χ1) is 21.1.